The van der Waals surface area contributed by atoms with E-state index in [0.717, 1.165) is 35.2 Å². The normalized spacial score (nSPS) is 17.7. The summed E-state index contributed by atoms with van der Waals surface area (Å²) in [5.41, 5.74) is 9.40. The Hall–Kier alpha value is -2.48. The molecule has 0 bridgehead atoms. The van der Waals surface area contributed by atoms with Crippen molar-refractivity contribution in [1.82, 2.24) is 4.90 Å². The average Bonchev–Trinajstić information content (AvgIpc) is 2.73. The zero-order chi connectivity index (χ0) is 20.7. The van der Waals surface area contributed by atoms with Crippen molar-refractivity contribution in [1.29, 1.82) is 0 Å². The first-order chi connectivity index (χ1) is 14.0. The molecule has 0 saturated heterocycles. The Labute approximate surface area is 173 Å². The van der Waals surface area contributed by atoms with Crippen LogP contribution < -0.4 is 19.9 Å². The summed E-state index contributed by atoms with van der Waals surface area (Å²) < 4.78 is 16.2. The van der Waals surface area contributed by atoms with Gasteiger partial charge in [-0.1, -0.05) is 11.6 Å². The zero-order valence-electron chi connectivity index (χ0n) is 16.3. The Morgan fingerprint density at radius 1 is 1.24 bits per heavy atom. The molecule has 2 aliphatic heterocycles. The van der Waals surface area contributed by atoms with Gasteiger partial charge in [-0.25, -0.2) is 0 Å². The summed E-state index contributed by atoms with van der Waals surface area (Å²) in [7, 11) is 3.06. The van der Waals surface area contributed by atoms with Gasteiger partial charge in [-0.3, -0.25) is 9.69 Å². The predicted octanol–water partition coefficient (Wildman–Crippen LogP) is 2.58. The molecular formula is C21H23ClN2O5. The zero-order valence-corrected chi connectivity index (χ0v) is 17.1. The lowest BCUT2D eigenvalue weighted by molar-refractivity contribution is -0.132. The molecule has 0 aliphatic carbocycles. The van der Waals surface area contributed by atoms with E-state index in [4.69, 9.17) is 31.5 Å². The third-order valence-electron chi connectivity index (χ3n) is 5.68. The van der Waals surface area contributed by atoms with E-state index in [1.807, 2.05) is 6.07 Å². The summed E-state index contributed by atoms with van der Waals surface area (Å²) in [6.07, 6.45) is 1.46. The second-order valence-electron chi connectivity index (χ2n) is 7.19. The van der Waals surface area contributed by atoms with Crippen LogP contribution >= 0.6 is 11.6 Å². The third-order valence-corrected chi connectivity index (χ3v) is 6.02. The van der Waals surface area contributed by atoms with Crippen molar-refractivity contribution in [3.05, 3.63) is 45.5 Å². The van der Waals surface area contributed by atoms with Crippen LogP contribution in [0.3, 0.4) is 0 Å². The van der Waals surface area contributed by atoms with Gasteiger partial charge in [-0.15, -0.1) is 0 Å². The summed E-state index contributed by atoms with van der Waals surface area (Å²) in [6, 6.07) is 5.42. The van der Waals surface area contributed by atoms with Gasteiger partial charge in [-0.2, -0.15) is 0 Å². The fraction of sp³-hybridized carbons (Fsp3) is 0.381. The number of fused-ring (bicyclic) bond motifs is 4. The number of aromatic hydroxyl groups is 1. The number of rotatable bonds is 4. The number of carbonyl (C=O) groups excluding carboxylic acids is 1. The molecule has 0 fully saturated rings. The van der Waals surface area contributed by atoms with Crippen molar-refractivity contribution < 1.29 is 24.1 Å². The van der Waals surface area contributed by atoms with Crippen LogP contribution in [0.4, 0.5) is 0 Å². The van der Waals surface area contributed by atoms with Gasteiger partial charge in [0.2, 0.25) is 0 Å². The van der Waals surface area contributed by atoms with E-state index >= 15 is 0 Å². The van der Waals surface area contributed by atoms with Gasteiger partial charge in [0.25, 0.3) is 0 Å². The average molecular weight is 419 g/mol. The highest BCUT2D eigenvalue weighted by atomic mass is 35.5. The molecule has 3 N–H and O–H groups in total. The molecule has 0 amide bonds. The molecule has 0 aromatic heterocycles. The van der Waals surface area contributed by atoms with E-state index < -0.39 is 5.97 Å². The topological polar surface area (TPSA) is 94.2 Å². The van der Waals surface area contributed by atoms with Crippen molar-refractivity contribution in [2.24, 2.45) is 5.73 Å². The minimum atomic E-state index is -0.532. The summed E-state index contributed by atoms with van der Waals surface area (Å²) in [6.45, 7) is 1.15. The van der Waals surface area contributed by atoms with Crippen molar-refractivity contribution >= 4 is 17.6 Å². The summed E-state index contributed by atoms with van der Waals surface area (Å²) in [4.78, 5) is 14.2. The third kappa shape index (κ3) is 3.39. The molecule has 2 heterocycles. The first-order valence-electron chi connectivity index (χ1n) is 9.39. The molecular weight excluding hydrogens is 396 g/mol. The van der Waals surface area contributed by atoms with Crippen LogP contribution in [-0.2, 0) is 24.2 Å². The van der Waals surface area contributed by atoms with Crippen LogP contribution in [0.1, 0.15) is 28.3 Å². The summed E-state index contributed by atoms with van der Waals surface area (Å²) >= 11 is 6.57. The summed E-state index contributed by atoms with van der Waals surface area (Å²) in [5, 5.41) is 10.9. The number of phenolic OH excluding ortho intramolecular Hbond substituents is 1. The lowest BCUT2D eigenvalue weighted by atomic mass is 9.83. The predicted molar refractivity (Wildman–Crippen MR) is 108 cm³/mol. The Bertz CT molecular complexity index is 978. The number of nitrogens with zero attached hydrogens (tertiary/aromatic N) is 1. The molecule has 0 radical (unpaired) electrons. The van der Waals surface area contributed by atoms with E-state index in [9.17, 15) is 9.90 Å². The van der Waals surface area contributed by atoms with Crippen LogP contribution in [0.25, 0.3) is 0 Å². The van der Waals surface area contributed by atoms with Gasteiger partial charge in [-0.05, 0) is 41.7 Å². The SMILES string of the molecule is COc1cc2c(cc1O)C1Cc3c(Cl)cc(OC)c(OC(=O)CN)c3CN1CC2. The number of benzene rings is 2. The van der Waals surface area contributed by atoms with Crippen LogP contribution in [0, 0.1) is 0 Å². The monoisotopic (exact) mass is 418 g/mol. The first kappa shape index (κ1) is 19.8. The Balaban J connectivity index is 1.79. The van der Waals surface area contributed by atoms with Crippen molar-refractivity contribution in [2.45, 2.75) is 25.4 Å². The maximum atomic E-state index is 11.9. The second kappa shape index (κ2) is 7.74. The number of methoxy groups -OCH3 is 2. The minimum absolute atomic E-state index is 0.0620. The highest BCUT2D eigenvalue weighted by Crippen LogP contribution is 2.48. The van der Waals surface area contributed by atoms with Gasteiger partial charge < -0.3 is 25.1 Å². The Morgan fingerprint density at radius 2 is 2.00 bits per heavy atom. The number of phenols is 1. The highest BCUT2D eigenvalue weighted by molar-refractivity contribution is 6.31. The van der Waals surface area contributed by atoms with Crippen molar-refractivity contribution in [3.8, 4) is 23.0 Å². The summed E-state index contributed by atoms with van der Waals surface area (Å²) in [5.74, 6) is 0.860. The van der Waals surface area contributed by atoms with Crippen LogP contribution in [0.2, 0.25) is 5.02 Å². The number of hydrogen-bond donors (Lipinski definition) is 2. The smallest absolute Gasteiger partial charge is 0.325 e. The maximum Gasteiger partial charge on any atom is 0.325 e. The largest absolute Gasteiger partial charge is 0.504 e. The fourth-order valence-corrected chi connectivity index (χ4v) is 4.55. The molecule has 2 aromatic carbocycles. The molecule has 154 valence electrons. The lowest BCUT2D eigenvalue weighted by Crippen LogP contribution is -2.39. The quantitative estimate of drug-likeness (QED) is 0.582. The van der Waals surface area contributed by atoms with Crippen LogP contribution in [0.15, 0.2) is 18.2 Å². The molecule has 0 spiro atoms. The first-order valence-corrected chi connectivity index (χ1v) is 9.77. The lowest BCUT2D eigenvalue weighted by Gasteiger charge is -2.42. The van der Waals surface area contributed by atoms with E-state index in [-0.39, 0.29) is 18.3 Å². The van der Waals surface area contributed by atoms with Gasteiger partial charge in [0, 0.05) is 35.8 Å². The van der Waals surface area contributed by atoms with E-state index in [0.29, 0.717) is 35.2 Å². The van der Waals surface area contributed by atoms with Crippen LogP contribution in [0.5, 0.6) is 23.0 Å². The number of halogens is 1. The Morgan fingerprint density at radius 3 is 2.69 bits per heavy atom. The second-order valence-corrected chi connectivity index (χ2v) is 7.60. The molecule has 1 atom stereocenters. The molecule has 2 aromatic rings. The number of carbonyl (C=O) groups is 1. The number of esters is 1. The minimum Gasteiger partial charge on any atom is -0.504 e. The van der Waals surface area contributed by atoms with E-state index in [1.165, 1.54) is 7.11 Å². The van der Waals surface area contributed by atoms with Gasteiger partial charge in [0.1, 0.15) is 0 Å². The number of nitrogens with two attached hydrogens (primary N) is 1. The van der Waals surface area contributed by atoms with Crippen molar-refractivity contribution in [3.63, 3.8) is 0 Å². The van der Waals surface area contributed by atoms with Crippen LogP contribution in [-0.4, -0.2) is 43.3 Å². The molecule has 7 nitrogen and oxygen atoms in total. The van der Waals surface area contributed by atoms with Gasteiger partial charge in [0.05, 0.1) is 20.8 Å². The van der Waals surface area contributed by atoms with E-state index in [1.54, 1.807) is 19.2 Å². The molecule has 2 aliphatic rings. The number of hydrogen-bond acceptors (Lipinski definition) is 7. The molecule has 1 unspecified atom stereocenters. The Kier molecular flexibility index (Phi) is 5.29. The number of ether oxygens (including phenoxy) is 3. The molecule has 29 heavy (non-hydrogen) atoms. The maximum absolute atomic E-state index is 11.9. The molecule has 4 rings (SSSR count). The van der Waals surface area contributed by atoms with Crippen molar-refractivity contribution in [2.75, 3.05) is 27.3 Å². The standard InChI is InChI=1S/C21H23ClN2O5/c1-27-18-5-11-3-4-24-10-14-13(6-16(24)12(11)7-17(18)25)15(22)8-19(28-2)21(14)29-20(26)9-23/h5,7-8,16,25H,3-4,6,9-10,23H2,1-2H3. The highest BCUT2D eigenvalue weighted by Gasteiger charge is 2.36. The molecule has 8 heteroatoms. The molecule has 0 saturated carbocycles. The van der Waals surface area contributed by atoms with Gasteiger partial charge in [0.15, 0.2) is 23.0 Å². The fourth-order valence-electron chi connectivity index (χ4n) is 4.26. The van der Waals surface area contributed by atoms with Gasteiger partial charge >= 0.3 is 5.97 Å². The van der Waals surface area contributed by atoms with E-state index in [2.05, 4.69) is 4.90 Å².